The third-order valence-corrected chi connectivity index (χ3v) is 5.45. The predicted molar refractivity (Wildman–Crippen MR) is 111 cm³/mol. The number of nitrogens with zero attached hydrogens (tertiary/aromatic N) is 2. The molecule has 0 spiro atoms. The largest absolute Gasteiger partial charge is 0.337 e. The van der Waals surface area contributed by atoms with E-state index in [2.05, 4.69) is 45.5 Å². The van der Waals surface area contributed by atoms with Crippen molar-refractivity contribution in [3.63, 3.8) is 0 Å². The zero-order valence-electron chi connectivity index (χ0n) is 17.8. The average Bonchev–Trinajstić information content (AvgIpc) is 2.98. The van der Waals surface area contributed by atoms with Gasteiger partial charge in [-0.3, -0.25) is 0 Å². The van der Waals surface area contributed by atoms with E-state index in [1.807, 2.05) is 0 Å². The lowest BCUT2D eigenvalue weighted by atomic mass is 10.0. The van der Waals surface area contributed by atoms with Gasteiger partial charge >= 0.3 is 0 Å². The van der Waals surface area contributed by atoms with Gasteiger partial charge in [-0.15, -0.1) is 0 Å². The third kappa shape index (κ3) is 9.47. The highest BCUT2D eigenvalue weighted by atomic mass is 15.1. The molecular formula is C23H44N2. The van der Waals surface area contributed by atoms with E-state index in [9.17, 15) is 0 Å². The number of hydrogen-bond donors (Lipinski definition) is 0. The normalized spacial score (nSPS) is 12.9. The summed E-state index contributed by atoms with van der Waals surface area (Å²) in [5.74, 6) is 2.38. The fraction of sp³-hybridized carbons (Fsp3) is 0.870. The van der Waals surface area contributed by atoms with Crippen LogP contribution in [0.5, 0.6) is 0 Å². The van der Waals surface area contributed by atoms with Crippen molar-refractivity contribution >= 4 is 0 Å². The number of hydrogen-bond acceptors (Lipinski definition) is 1. The van der Waals surface area contributed by atoms with Gasteiger partial charge in [0.2, 0.25) is 0 Å². The summed E-state index contributed by atoms with van der Waals surface area (Å²) < 4.78 is 2.24. The number of aryl methyl sites for hydroxylation is 1. The van der Waals surface area contributed by atoms with E-state index >= 15 is 0 Å². The van der Waals surface area contributed by atoms with Gasteiger partial charge in [-0.25, -0.2) is 4.98 Å². The summed E-state index contributed by atoms with van der Waals surface area (Å²) >= 11 is 0. The highest BCUT2D eigenvalue weighted by molar-refractivity contribution is 5.10. The summed E-state index contributed by atoms with van der Waals surface area (Å²) in [5, 5.41) is 0. The van der Waals surface area contributed by atoms with Crippen LogP contribution in [-0.4, -0.2) is 9.55 Å². The minimum Gasteiger partial charge on any atom is -0.337 e. The summed E-state index contributed by atoms with van der Waals surface area (Å²) in [7, 11) is 2.15. The predicted octanol–water partition coefficient (Wildman–Crippen LogP) is 7.74. The van der Waals surface area contributed by atoms with Crippen LogP contribution in [0.25, 0.3) is 0 Å². The zero-order chi connectivity index (χ0) is 18.5. The van der Waals surface area contributed by atoms with Crippen molar-refractivity contribution in [2.45, 2.75) is 123 Å². The monoisotopic (exact) mass is 348 g/mol. The van der Waals surface area contributed by atoms with Gasteiger partial charge in [-0.2, -0.15) is 0 Å². The maximum Gasteiger partial charge on any atom is 0.111 e. The first-order valence-corrected chi connectivity index (χ1v) is 11.1. The summed E-state index contributed by atoms with van der Waals surface area (Å²) in [6.07, 6.45) is 20.6. The van der Waals surface area contributed by atoms with Gasteiger partial charge in [-0.05, 0) is 12.3 Å². The molecule has 0 aliphatic rings. The molecule has 2 heteroatoms. The lowest BCUT2D eigenvalue weighted by molar-refractivity contribution is 0.518. The molecule has 0 saturated heterocycles. The van der Waals surface area contributed by atoms with E-state index in [0.717, 1.165) is 0 Å². The van der Waals surface area contributed by atoms with Gasteiger partial charge in [-0.1, -0.05) is 105 Å². The van der Waals surface area contributed by atoms with Crippen molar-refractivity contribution in [2.75, 3.05) is 0 Å². The molecule has 25 heavy (non-hydrogen) atoms. The molecule has 1 atom stereocenters. The Morgan fingerprint density at radius 2 is 1.28 bits per heavy atom. The Balaban J connectivity index is 2.01. The summed E-state index contributed by atoms with van der Waals surface area (Å²) in [6, 6.07) is 0. The summed E-state index contributed by atoms with van der Waals surface area (Å²) in [5.41, 5.74) is 1.24. The van der Waals surface area contributed by atoms with Crippen LogP contribution in [0.2, 0.25) is 0 Å². The summed E-state index contributed by atoms with van der Waals surface area (Å²) in [4.78, 5) is 4.85. The van der Waals surface area contributed by atoms with Gasteiger partial charge in [0.25, 0.3) is 0 Å². The Bertz CT molecular complexity index is 433. The van der Waals surface area contributed by atoms with Crippen LogP contribution < -0.4 is 0 Å². The first-order chi connectivity index (χ1) is 12.1. The Labute approximate surface area is 157 Å². The number of aromatic nitrogens is 2. The van der Waals surface area contributed by atoms with Crippen molar-refractivity contribution in [3.8, 4) is 0 Å². The molecule has 1 heterocycles. The molecule has 146 valence electrons. The standard InChI is InChI=1S/C23H44N2/c1-6-7-8-9-10-11-12-13-14-15-16-17-18-21(4)23-24-22(20(2)3)19-25(23)5/h19-21H,6-18H2,1-5H3. The first-order valence-electron chi connectivity index (χ1n) is 11.1. The van der Waals surface area contributed by atoms with Crippen LogP contribution in [0.15, 0.2) is 6.20 Å². The van der Waals surface area contributed by atoms with Crippen molar-refractivity contribution < 1.29 is 0 Å². The molecule has 0 radical (unpaired) electrons. The first kappa shape index (κ1) is 22.3. The smallest absolute Gasteiger partial charge is 0.111 e. The molecule has 2 nitrogen and oxygen atoms in total. The fourth-order valence-corrected chi connectivity index (χ4v) is 3.66. The lowest BCUT2D eigenvalue weighted by Gasteiger charge is -2.11. The number of imidazole rings is 1. The van der Waals surface area contributed by atoms with E-state index in [0.29, 0.717) is 11.8 Å². The van der Waals surface area contributed by atoms with Gasteiger partial charge in [0, 0.05) is 19.2 Å². The molecule has 0 N–H and O–H groups in total. The molecule has 1 aromatic heterocycles. The number of unbranched alkanes of at least 4 members (excludes halogenated alkanes) is 11. The Kier molecular flexibility index (Phi) is 11.9. The molecule has 1 rings (SSSR count). The van der Waals surface area contributed by atoms with Crippen LogP contribution >= 0.6 is 0 Å². The second-order valence-corrected chi connectivity index (χ2v) is 8.37. The molecule has 0 fully saturated rings. The SMILES string of the molecule is CCCCCCCCCCCCCCC(C)c1nc(C(C)C)cn1C. The van der Waals surface area contributed by atoms with Gasteiger partial charge < -0.3 is 4.57 Å². The summed E-state index contributed by atoms with van der Waals surface area (Å²) in [6.45, 7) is 9.08. The molecule has 1 aromatic rings. The molecule has 0 aliphatic carbocycles. The second kappa shape index (κ2) is 13.4. The van der Waals surface area contributed by atoms with Crippen molar-refractivity contribution in [2.24, 2.45) is 7.05 Å². The lowest BCUT2D eigenvalue weighted by Crippen LogP contribution is -2.02. The topological polar surface area (TPSA) is 17.8 Å². The van der Waals surface area contributed by atoms with E-state index in [4.69, 9.17) is 4.98 Å². The molecule has 1 unspecified atom stereocenters. The molecule has 0 amide bonds. The van der Waals surface area contributed by atoms with Gasteiger partial charge in [0.05, 0.1) is 5.69 Å². The van der Waals surface area contributed by atoms with Gasteiger partial charge in [0.1, 0.15) is 5.82 Å². The van der Waals surface area contributed by atoms with E-state index < -0.39 is 0 Å². The van der Waals surface area contributed by atoms with Crippen LogP contribution in [0, 0.1) is 0 Å². The molecule has 0 saturated carbocycles. The highest BCUT2D eigenvalue weighted by Gasteiger charge is 2.14. The van der Waals surface area contributed by atoms with Crippen molar-refractivity contribution in [1.29, 1.82) is 0 Å². The molecule has 0 aromatic carbocycles. The zero-order valence-corrected chi connectivity index (χ0v) is 17.8. The maximum absolute atomic E-state index is 4.85. The number of rotatable bonds is 15. The highest BCUT2D eigenvalue weighted by Crippen LogP contribution is 2.23. The van der Waals surface area contributed by atoms with Crippen molar-refractivity contribution in [1.82, 2.24) is 9.55 Å². The minimum atomic E-state index is 0.527. The fourth-order valence-electron chi connectivity index (χ4n) is 3.66. The Hall–Kier alpha value is -0.790. The molecule has 0 bridgehead atoms. The van der Waals surface area contributed by atoms with Crippen LogP contribution in [-0.2, 0) is 7.05 Å². The van der Waals surface area contributed by atoms with Crippen LogP contribution in [0.1, 0.15) is 135 Å². The third-order valence-electron chi connectivity index (χ3n) is 5.45. The second-order valence-electron chi connectivity index (χ2n) is 8.37. The van der Waals surface area contributed by atoms with Crippen LogP contribution in [0.3, 0.4) is 0 Å². The Morgan fingerprint density at radius 3 is 1.72 bits per heavy atom. The van der Waals surface area contributed by atoms with E-state index in [1.54, 1.807) is 0 Å². The van der Waals surface area contributed by atoms with Crippen molar-refractivity contribution in [3.05, 3.63) is 17.7 Å². The minimum absolute atomic E-state index is 0.527. The molecule has 0 aliphatic heterocycles. The van der Waals surface area contributed by atoms with Crippen LogP contribution in [0.4, 0.5) is 0 Å². The average molecular weight is 349 g/mol. The Morgan fingerprint density at radius 1 is 0.800 bits per heavy atom. The quantitative estimate of drug-likeness (QED) is 0.296. The molecular weight excluding hydrogens is 304 g/mol. The van der Waals surface area contributed by atoms with E-state index in [-0.39, 0.29) is 0 Å². The van der Waals surface area contributed by atoms with Gasteiger partial charge in [0.15, 0.2) is 0 Å². The maximum atomic E-state index is 4.85. The van der Waals surface area contributed by atoms with E-state index in [1.165, 1.54) is 95.0 Å².